The Morgan fingerprint density at radius 2 is 2.12 bits per heavy atom. The van der Waals surface area contributed by atoms with E-state index in [2.05, 4.69) is 17.3 Å². The number of nitro groups is 1. The number of aromatic hydroxyl groups is 1. The molecule has 0 bridgehead atoms. The summed E-state index contributed by atoms with van der Waals surface area (Å²) < 4.78 is 5.13. The van der Waals surface area contributed by atoms with Crippen LogP contribution in [-0.2, 0) is 27.2 Å². The van der Waals surface area contributed by atoms with Gasteiger partial charge in [-0.3, -0.25) is 19.7 Å². The molecule has 0 saturated heterocycles. The maximum Gasteiger partial charge on any atom is 0.341 e. The normalized spacial score (nSPS) is 15.0. The van der Waals surface area contributed by atoms with E-state index < -0.39 is 22.7 Å². The largest absolute Gasteiger partial charge is 0.507 e. The fourth-order valence-corrected chi connectivity index (χ4v) is 4.78. The summed E-state index contributed by atoms with van der Waals surface area (Å²) in [7, 11) is 0. The average Bonchev–Trinajstić information content (AvgIpc) is 3.11. The Morgan fingerprint density at radius 1 is 1.36 bits per heavy atom. The van der Waals surface area contributed by atoms with E-state index in [1.165, 1.54) is 11.3 Å². The van der Waals surface area contributed by atoms with Crippen LogP contribution in [0.5, 0.6) is 5.75 Å². The minimum absolute atomic E-state index is 0.0189. The Bertz CT molecular complexity index is 1140. The van der Waals surface area contributed by atoms with Crippen LogP contribution in [0.25, 0.3) is 0 Å². The molecule has 2 amide bonds. The molecule has 0 aliphatic heterocycles. The van der Waals surface area contributed by atoms with E-state index in [1.807, 2.05) is 5.43 Å². The summed E-state index contributed by atoms with van der Waals surface area (Å²) in [6.45, 7) is 3.96. The lowest BCUT2D eigenvalue weighted by Gasteiger charge is -2.18. The number of nitro benzene ring substituents is 1. The minimum atomic E-state index is -1.12. The molecule has 1 heterocycles. The highest BCUT2D eigenvalue weighted by molar-refractivity contribution is 7.17. The summed E-state index contributed by atoms with van der Waals surface area (Å²) in [6.07, 6.45) is 3.33. The van der Waals surface area contributed by atoms with Crippen LogP contribution in [-0.4, -0.2) is 40.6 Å². The number of thiophene rings is 1. The number of ether oxygens (including phenoxy) is 1. The van der Waals surface area contributed by atoms with E-state index in [-0.39, 0.29) is 34.2 Å². The third kappa shape index (κ3) is 5.52. The number of carbonyl (C=O) groups excluding carboxylic acids is 3. The third-order valence-electron chi connectivity index (χ3n) is 5.02. The van der Waals surface area contributed by atoms with Gasteiger partial charge in [0.1, 0.15) is 10.8 Å². The molecule has 1 aliphatic carbocycles. The highest BCUT2D eigenvalue weighted by Crippen LogP contribution is 2.40. The van der Waals surface area contributed by atoms with Crippen molar-refractivity contribution in [2.45, 2.75) is 33.1 Å². The van der Waals surface area contributed by atoms with Gasteiger partial charge in [0.25, 0.3) is 5.69 Å². The Morgan fingerprint density at radius 3 is 2.82 bits per heavy atom. The molecule has 2 aromatic rings. The van der Waals surface area contributed by atoms with E-state index in [0.717, 1.165) is 47.7 Å². The molecular weight excluding hydrogens is 452 g/mol. The van der Waals surface area contributed by atoms with Gasteiger partial charge < -0.3 is 15.2 Å². The van der Waals surface area contributed by atoms with Crippen molar-refractivity contribution in [3.05, 3.63) is 49.9 Å². The van der Waals surface area contributed by atoms with Gasteiger partial charge in [0.15, 0.2) is 0 Å². The molecule has 1 aromatic carbocycles. The first-order valence-electron chi connectivity index (χ1n) is 10.1. The van der Waals surface area contributed by atoms with Gasteiger partial charge >= 0.3 is 17.8 Å². The van der Waals surface area contributed by atoms with E-state index in [9.17, 15) is 29.6 Å². The Hall–Kier alpha value is -3.80. The molecule has 0 fully saturated rings. The van der Waals surface area contributed by atoms with Gasteiger partial charge in [0.05, 0.1) is 23.3 Å². The van der Waals surface area contributed by atoms with Crippen LogP contribution < -0.4 is 10.7 Å². The van der Waals surface area contributed by atoms with Crippen molar-refractivity contribution in [3.8, 4) is 5.75 Å². The number of fused-ring (bicyclic) bond motifs is 1. The standard InChI is InChI=1S/C21H22N4O7S/c1-3-32-21(29)17-14-6-4-11(2)8-16(14)33-20(17)23-18(27)19(28)24-22-10-12-9-13(25(30)31)5-7-15(12)26/h5,7,9-11,26H,3-4,6,8H2,1-2H3,(H,23,27)(H,24,28)/b22-10-/t11-/m1/s1. The Labute approximate surface area is 192 Å². The molecule has 0 spiro atoms. The average molecular weight is 474 g/mol. The topological polar surface area (TPSA) is 160 Å². The lowest BCUT2D eigenvalue weighted by Crippen LogP contribution is -2.32. The van der Waals surface area contributed by atoms with Gasteiger partial charge in [-0.2, -0.15) is 5.10 Å². The fourth-order valence-electron chi connectivity index (χ4n) is 3.39. The van der Waals surface area contributed by atoms with Crippen molar-refractivity contribution in [2.75, 3.05) is 11.9 Å². The molecule has 174 valence electrons. The number of anilines is 1. The zero-order valence-corrected chi connectivity index (χ0v) is 18.7. The molecule has 1 atom stereocenters. The maximum absolute atomic E-state index is 12.5. The SMILES string of the molecule is CCOC(=O)c1c(NC(=O)C(=O)N/N=C\c2cc([N+](=O)[O-])ccc2O)sc2c1CC[C@@H](C)C2. The van der Waals surface area contributed by atoms with Crippen LogP contribution in [0.3, 0.4) is 0 Å². The fraction of sp³-hybridized carbons (Fsp3) is 0.333. The van der Waals surface area contributed by atoms with Crippen LogP contribution in [0.1, 0.15) is 46.6 Å². The summed E-state index contributed by atoms with van der Waals surface area (Å²) in [6, 6.07) is 3.29. The summed E-state index contributed by atoms with van der Waals surface area (Å²) in [5.74, 6) is -2.57. The molecule has 3 N–H and O–H groups in total. The number of esters is 1. The second-order valence-corrected chi connectivity index (χ2v) is 8.54. The number of benzene rings is 1. The molecule has 1 aromatic heterocycles. The molecule has 11 nitrogen and oxygen atoms in total. The smallest absolute Gasteiger partial charge is 0.341 e. The number of non-ortho nitro benzene ring substituents is 1. The quantitative estimate of drug-likeness (QED) is 0.191. The number of nitrogens with one attached hydrogen (secondary N) is 2. The van der Waals surface area contributed by atoms with Gasteiger partial charge in [-0.05, 0) is 43.7 Å². The molecule has 0 saturated carbocycles. The van der Waals surface area contributed by atoms with E-state index in [0.29, 0.717) is 12.3 Å². The number of nitrogens with zero attached hydrogens (tertiary/aromatic N) is 2. The molecule has 0 unspecified atom stereocenters. The van der Waals surface area contributed by atoms with Crippen molar-refractivity contribution < 1.29 is 29.2 Å². The minimum Gasteiger partial charge on any atom is -0.507 e. The molecule has 3 rings (SSSR count). The van der Waals surface area contributed by atoms with Crippen molar-refractivity contribution >= 4 is 46.0 Å². The van der Waals surface area contributed by atoms with E-state index in [4.69, 9.17) is 4.74 Å². The van der Waals surface area contributed by atoms with Crippen LogP contribution >= 0.6 is 11.3 Å². The Kier molecular flexibility index (Phi) is 7.38. The number of rotatable bonds is 6. The van der Waals surface area contributed by atoms with Crippen molar-refractivity contribution in [3.63, 3.8) is 0 Å². The highest BCUT2D eigenvalue weighted by Gasteiger charge is 2.30. The summed E-state index contributed by atoms with van der Waals surface area (Å²) in [5.41, 5.74) is 2.81. The van der Waals surface area contributed by atoms with Crippen LogP contribution in [0, 0.1) is 16.0 Å². The number of hydrogen-bond acceptors (Lipinski definition) is 9. The number of carbonyl (C=O) groups is 3. The number of phenolic OH excluding ortho intramolecular Hbond substituents is 1. The van der Waals surface area contributed by atoms with Gasteiger partial charge in [-0.1, -0.05) is 6.92 Å². The lowest BCUT2D eigenvalue weighted by atomic mass is 9.88. The van der Waals surface area contributed by atoms with E-state index in [1.54, 1.807) is 6.92 Å². The second-order valence-electron chi connectivity index (χ2n) is 7.43. The lowest BCUT2D eigenvalue weighted by molar-refractivity contribution is -0.384. The first kappa shape index (κ1) is 23.9. The number of amides is 2. The first-order chi connectivity index (χ1) is 15.7. The second kappa shape index (κ2) is 10.2. The van der Waals surface area contributed by atoms with Crippen molar-refractivity contribution in [2.24, 2.45) is 11.0 Å². The molecule has 1 aliphatic rings. The summed E-state index contributed by atoms with van der Waals surface area (Å²) in [4.78, 5) is 48.3. The number of hydrazone groups is 1. The predicted octanol–water partition coefficient (Wildman–Crippen LogP) is 2.75. The summed E-state index contributed by atoms with van der Waals surface area (Å²) in [5, 5.41) is 26.9. The van der Waals surface area contributed by atoms with E-state index >= 15 is 0 Å². The maximum atomic E-state index is 12.5. The third-order valence-corrected chi connectivity index (χ3v) is 6.19. The molecule has 0 radical (unpaired) electrons. The molecular formula is C21H22N4O7S. The van der Waals surface area contributed by atoms with Gasteiger partial charge in [-0.15, -0.1) is 11.3 Å². The van der Waals surface area contributed by atoms with Gasteiger partial charge in [0.2, 0.25) is 0 Å². The highest BCUT2D eigenvalue weighted by atomic mass is 32.1. The van der Waals surface area contributed by atoms with Gasteiger partial charge in [-0.25, -0.2) is 10.2 Å². The van der Waals surface area contributed by atoms with Crippen molar-refractivity contribution in [1.29, 1.82) is 0 Å². The monoisotopic (exact) mass is 474 g/mol. The number of hydrogen-bond donors (Lipinski definition) is 3. The first-order valence-corrected chi connectivity index (χ1v) is 11.0. The molecule has 33 heavy (non-hydrogen) atoms. The zero-order chi connectivity index (χ0) is 24.1. The van der Waals surface area contributed by atoms with Crippen LogP contribution in [0.15, 0.2) is 23.3 Å². The zero-order valence-electron chi connectivity index (χ0n) is 17.9. The molecule has 12 heteroatoms. The van der Waals surface area contributed by atoms with Crippen LogP contribution in [0.4, 0.5) is 10.7 Å². The van der Waals surface area contributed by atoms with Crippen LogP contribution in [0.2, 0.25) is 0 Å². The predicted molar refractivity (Wildman–Crippen MR) is 121 cm³/mol. The number of phenols is 1. The Balaban J connectivity index is 1.73. The summed E-state index contributed by atoms with van der Waals surface area (Å²) >= 11 is 1.24. The van der Waals surface area contributed by atoms with Crippen molar-refractivity contribution in [1.82, 2.24) is 5.43 Å². The van der Waals surface area contributed by atoms with Gasteiger partial charge in [0, 0.05) is 22.6 Å².